The molecule has 0 atom stereocenters. The third-order valence-corrected chi connectivity index (χ3v) is 3.03. The lowest BCUT2D eigenvalue weighted by molar-refractivity contribution is 0.0698. The molecular formula is C14H10ClFO2. The topological polar surface area (TPSA) is 37.3 Å². The van der Waals surface area contributed by atoms with E-state index in [2.05, 4.69) is 0 Å². The van der Waals surface area contributed by atoms with Crippen LogP contribution in [0.15, 0.2) is 36.4 Å². The highest BCUT2D eigenvalue weighted by molar-refractivity contribution is 6.34. The molecule has 0 heterocycles. The Balaban J connectivity index is 2.67. The minimum Gasteiger partial charge on any atom is -0.478 e. The molecule has 18 heavy (non-hydrogen) atoms. The average Bonchev–Trinajstić information content (AvgIpc) is 2.32. The highest BCUT2D eigenvalue weighted by Gasteiger charge is 2.16. The van der Waals surface area contributed by atoms with Crippen LogP contribution < -0.4 is 0 Å². The first-order valence-electron chi connectivity index (χ1n) is 5.29. The molecule has 2 rings (SSSR count). The van der Waals surface area contributed by atoms with E-state index < -0.39 is 5.97 Å². The second-order valence-electron chi connectivity index (χ2n) is 3.93. The summed E-state index contributed by atoms with van der Waals surface area (Å²) in [5.41, 5.74) is 1.41. The van der Waals surface area contributed by atoms with Crippen LogP contribution >= 0.6 is 11.6 Å². The molecule has 0 radical (unpaired) electrons. The number of hydrogen-bond donors (Lipinski definition) is 1. The zero-order chi connectivity index (χ0) is 13.3. The molecule has 0 bridgehead atoms. The van der Waals surface area contributed by atoms with Crippen LogP contribution in [0, 0.1) is 12.7 Å². The smallest absolute Gasteiger partial charge is 0.337 e. The molecule has 0 spiro atoms. The molecule has 0 saturated heterocycles. The van der Waals surface area contributed by atoms with Crippen molar-refractivity contribution >= 4 is 17.6 Å². The van der Waals surface area contributed by atoms with Gasteiger partial charge >= 0.3 is 5.97 Å². The van der Waals surface area contributed by atoms with Crippen molar-refractivity contribution in [2.45, 2.75) is 6.92 Å². The van der Waals surface area contributed by atoms with Crippen molar-refractivity contribution < 1.29 is 14.3 Å². The van der Waals surface area contributed by atoms with Gasteiger partial charge in [0.05, 0.1) is 10.6 Å². The molecular weight excluding hydrogens is 255 g/mol. The van der Waals surface area contributed by atoms with Crippen LogP contribution in [0.1, 0.15) is 15.9 Å². The molecule has 4 heteroatoms. The number of hydrogen-bond acceptors (Lipinski definition) is 1. The fourth-order valence-electron chi connectivity index (χ4n) is 1.74. The van der Waals surface area contributed by atoms with Crippen LogP contribution in [0.25, 0.3) is 11.1 Å². The Morgan fingerprint density at radius 1 is 1.28 bits per heavy atom. The zero-order valence-corrected chi connectivity index (χ0v) is 10.3. The van der Waals surface area contributed by atoms with Gasteiger partial charge in [-0.05, 0) is 35.7 Å². The van der Waals surface area contributed by atoms with E-state index in [9.17, 15) is 9.18 Å². The molecule has 0 fully saturated rings. The second kappa shape index (κ2) is 4.78. The van der Waals surface area contributed by atoms with Crippen molar-refractivity contribution in [3.63, 3.8) is 0 Å². The van der Waals surface area contributed by atoms with Gasteiger partial charge in [0.1, 0.15) is 5.82 Å². The number of carboxylic acid groups (broad SMARTS) is 1. The number of halogens is 2. The Morgan fingerprint density at radius 3 is 2.61 bits per heavy atom. The van der Waals surface area contributed by atoms with Crippen LogP contribution in [-0.2, 0) is 0 Å². The molecule has 0 aliphatic heterocycles. The number of carbonyl (C=O) groups is 1. The van der Waals surface area contributed by atoms with E-state index in [-0.39, 0.29) is 16.4 Å². The first kappa shape index (κ1) is 12.6. The maximum Gasteiger partial charge on any atom is 0.337 e. The van der Waals surface area contributed by atoms with Crippen LogP contribution in [0.5, 0.6) is 0 Å². The number of carboxylic acids is 1. The molecule has 92 valence electrons. The van der Waals surface area contributed by atoms with Crippen molar-refractivity contribution in [1.82, 2.24) is 0 Å². The number of aryl methyl sites for hydroxylation is 1. The summed E-state index contributed by atoms with van der Waals surface area (Å²) in [5, 5.41) is 9.29. The molecule has 2 aromatic rings. The molecule has 0 aromatic heterocycles. The number of rotatable bonds is 2. The third-order valence-electron chi connectivity index (χ3n) is 2.71. The van der Waals surface area contributed by atoms with E-state index >= 15 is 0 Å². The summed E-state index contributed by atoms with van der Waals surface area (Å²) < 4.78 is 13.5. The van der Waals surface area contributed by atoms with Gasteiger partial charge in [-0.3, -0.25) is 0 Å². The largest absolute Gasteiger partial charge is 0.478 e. The predicted molar refractivity (Wildman–Crippen MR) is 68.5 cm³/mol. The molecule has 0 saturated carbocycles. The molecule has 0 aliphatic carbocycles. The van der Waals surface area contributed by atoms with Crippen molar-refractivity contribution in [3.8, 4) is 11.1 Å². The Labute approximate surface area is 109 Å². The van der Waals surface area contributed by atoms with Crippen molar-refractivity contribution in [1.29, 1.82) is 0 Å². The highest BCUT2D eigenvalue weighted by atomic mass is 35.5. The summed E-state index contributed by atoms with van der Waals surface area (Å²) in [6.07, 6.45) is 0. The minimum atomic E-state index is -1.13. The van der Waals surface area contributed by atoms with E-state index in [1.807, 2.05) is 0 Å². The maximum absolute atomic E-state index is 13.5. The Hall–Kier alpha value is -1.87. The summed E-state index contributed by atoms with van der Waals surface area (Å²) in [7, 11) is 0. The lowest BCUT2D eigenvalue weighted by atomic mass is 9.98. The van der Waals surface area contributed by atoms with E-state index in [0.29, 0.717) is 16.7 Å². The van der Waals surface area contributed by atoms with Gasteiger partial charge in [0.2, 0.25) is 0 Å². The first-order chi connectivity index (χ1) is 8.50. The summed E-state index contributed by atoms with van der Waals surface area (Å²) in [5.74, 6) is -1.50. The molecule has 0 aliphatic rings. The fraction of sp³-hybridized carbons (Fsp3) is 0.0714. The summed E-state index contributed by atoms with van der Waals surface area (Å²) >= 11 is 5.87. The maximum atomic E-state index is 13.5. The standard InChI is InChI=1S/C14H10ClFO2/c1-8-5-6-9(7-12(8)16)10-3-2-4-11(15)13(10)14(17)18/h2-7H,1H3,(H,17,18). The predicted octanol–water partition coefficient (Wildman–Crippen LogP) is 4.15. The quantitative estimate of drug-likeness (QED) is 0.885. The average molecular weight is 265 g/mol. The molecule has 2 nitrogen and oxygen atoms in total. The second-order valence-corrected chi connectivity index (χ2v) is 4.34. The van der Waals surface area contributed by atoms with Crippen molar-refractivity contribution in [2.75, 3.05) is 0 Å². The van der Waals surface area contributed by atoms with Gasteiger partial charge in [-0.25, -0.2) is 9.18 Å². The summed E-state index contributed by atoms with van der Waals surface area (Å²) in [6.45, 7) is 1.65. The summed E-state index contributed by atoms with van der Waals surface area (Å²) in [4.78, 5) is 11.2. The molecule has 2 aromatic carbocycles. The van der Waals surface area contributed by atoms with Gasteiger partial charge in [0.25, 0.3) is 0 Å². The summed E-state index contributed by atoms with van der Waals surface area (Å²) in [6, 6.07) is 9.35. The van der Waals surface area contributed by atoms with E-state index in [1.165, 1.54) is 12.1 Å². The Kier molecular flexibility index (Phi) is 3.34. The Morgan fingerprint density at radius 2 is 2.00 bits per heavy atom. The van der Waals surface area contributed by atoms with Gasteiger partial charge in [-0.1, -0.05) is 35.9 Å². The lowest BCUT2D eigenvalue weighted by Crippen LogP contribution is -2.01. The minimum absolute atomic E-state index is 0.0116. The van der Waals surface area contributed by atoms with Crippen LogP contribution in [0.3, 0.4) is 0 Å². The van der Waals surface area contributed by atoms with Crippen LogP contribution in [0.4, 0.5) is 4.39 Å². The third kappa shape index (κ3) is 2.22. The van der Waals surface area contributed by atoms with E-state index in [1.54, 1.807) is 31.2 Å². The van der Waals surface area contributed by atoms with Gasteiger partial charge in [0, 0.05) is 0 Å². The normalized spacial score (nSPS) is 10.4. The van der Waals surface area contributed by atoms with Gasteiger partial charge < -0.3 is 5.11 Å². The van der Waals surface area contributed by atoms with E-state index in [0.717, 1.165) is 0 Å². The van der Waals surface area contributed by atoms with Gasteiger partial charge in [-0.15, -0.1) is 0 Å². The number of aromatic carboxylic acids is 1. The van der Waals surface area contributed by atoms with Gasteiger partial charge in [-0.2, -0.15) is 0 Å². The monoisotopic (exact) mass is 264 g/mol. The zero-order valence-electron chi connectivity index (χ0n) is 9.58. The van der Waals surface area contributed by atoms with Crippen molar-refractivity contribution in [2.24, 2.45) is 0 Å². The number of benzene rings is 2. The highest BCUT2D eigenvalue weighted by Crippen LogP contribution is 2.30. The van der Waals surface area contributed by atoms with Gasteiger partial charge in [0.15, 0.2) is 0 Å². The van der Waals surface area contributed by atoms with Crippen molar-refractivity contribution in [3.05, 3.63) is 58.4 Å². The lowest BCUT2D eigenvalue weighted by Gasteiger charge is -2.08. The Bertz CT molecular complexity index is 623. The molecule has 1 N–H and O–H groups in total. The van der Waals surface area contributed by atoms with E-state index in [4.69, 9.17) is 16.7 Å². The van der Waals surface area contributed by atoms with Crippen LogP contribution in [-0.4, -0.2) is 11.1 Å². The fourth-order valence-corrected chi connectivity index (χ4v) is 2.00. The molecule has 0 amide bonds. The SMILES string of the molecule is Cc1ccc(-c2cccc(Cl)c2C(=O)O)cc1F. The first-order valence-corrected chi connectivity index (χ1v) is 5.67. The van der Waals surface area contributed by atoms with Crippen LogP contribution in [0.2, 0.25) is 5.02 Å². The molecule has 0 unspecified atom stereocenters.